The number of ether oxygens (including phenoxy) is 1. The zero-order chi connectivity index (χ0) is 22.5. The Kier molecular flexibility index (Phi) is 6.83. The number of halogens is 1. The lowest BCUT2D eigenvalue weighted by molar-refractivity contribution is -0.113. The van der Waals surface area contributed by atoms with Crippen LogP contribution in [0.4, 0.5) is 5.69 Å². The third-order valence-corrected chi connectivity index (χ3v) is 6.07. The highest BCUT2D eigenvalue weighted by Crippen LogP contribution is 2.31. The smallest absolute Gasteiger partial charge is 0.234 e. The van der Waals surface area contributed by atoms with Crippen LogP contribution in [0.5, 0.6) is 5.75 Å². The van der Waals surface area contributed by atoms with E-state index in [4.69, 9.17) is 16.3 Å². The topological polar surface area (TPSA) is 56.1 Å². The Balaban J connectivity index is 1.59. The molecule has 0 saturated heterocycles. The summed E-state index contributed by atoms with van der Waals surface area (Å²) in [6, 6.07) is 23.1. The lowest BCUT2D eigenvalue weighted by atomic mass is 10.1. The molecule has 0 radical (unpaired) electrons. The van der Waals surface area contributed by atoms with Crippen molar-refractivity contribution in [1.82, 2.24) is 9.55 Å². The monoisotopic (exact) mass is 463 g/mol. The van der Waals surface area contributed by atoms with Crippen molar-refractivity contribution in [2.24, 2.45) is 0 Å². The number of rotatable bonds is 7. The molecular weight excluding hydrogens is 442 g/mol. The van der Waals surface area contributed by atoms with Gasteiger partial charge >= 0.3 is 0 Å². The quantitative estimate of drug-likeness (QED) is 0.329. The molecule has 0 saturated carbocycles. The van der Waals surface area contributed by atoms with Gasteiger partial charge in [0.2, 0.25) is 5.91 Å². The number of amides is 1. The molecule has 1 amide bonds. The van der Waals surface area contributed by atoms with Gasteiger partial charge in [-0.2, -0.15) is 0 Å². The van der Waals surface area contributed by atoms with Gasteiger partial charge in [-0.25, -0.2) is 4.98 Å². The van der Waals surface area contributed by atoms with Crippen LogP contribution in [0.25, 0.3) is 16.9 Å². The van der Waals surface area contributed by atoms with Crippen molar-refractivity contribution in [1.29, 1.82) is 0 Å². The Labute approximate surface area is 196 Å². The fraction of sp³-hybridized carbons (Fsp3) is 0.120. The molecule has 0 fully saturated rings. The maximum atomic E-state index is 12.5. The molecule has 7 heteroatoms. The third-order valence-electron chi connectivity index (χ3n) is 4.87. The number of carbonyl (C=O) groups excluding carboxylic acids is 1. The Bertz CT molecular complexity index is 1200. The molecule has 0 bridgehead atoms. The van der Waals surface area contributed by atoms with Crippen LogP contribution in [0.15, 0.2) is 84.1 Å². The molecule has 0 atom stereocenters. The van der Waals surface area contributed by atoms with Gasteiger partial charge in [-0.05, 0) is 67.6 Å². The summed E-state index contributed by atoms with van der Waals surface area (Å²) in [6.07, 6.45) is 1.83. The molecule has 162 valence electrons. The Hall–Kier alpha value is -3.22. The van der Waals surface area contributed by atoms with Gasteiger partial charge < -0.3 is 10.1 Å². The number of anilines is 1. The molecule has 1 heterocycles. The molecule has 4 aromatic rings. The van der Waals surface area contributed by atoms with Crippen LogP contribution in [0.1, 0.15) is 5.56 Å². The van der Waals surface area contributed by atoms with E-state index in [0.717, 1.165) is 27.9 Å². The van der Waals surface area contributed by atoms with Crippen LogP contribution < -0.4 is 10.1 Å². The standard InChI is InChI=1S/C25H22ClN3O2S/c1-17-3-11-21(12-4-17)29-23(18-5-13-22(31-2)14-6-18)15-27-25(29)32-16-24(30)28-20-9-7-19(26)8-10-20/h3-15H,16H2,1-2H3,(H,28,30). The molecule has 4 rings (SSSR count). The van der Waals surface area contributed by atoms with E-state index in [0.29, 0.717) is 10.7 Å². The highest BCUT2D eigenvalue weighted by atomic mass is 35.5. The average Bonchev–Trinajstić information content (AvgIpc) is 3.24. The van der Waals surface area contributed by atoms with Crippen LogP contribution in [-0.4, -0.2) is 28.3 Å². The molecule has 1 N–H and O–H groups in total. The summed E-state index contributed by atoms with van der Waals surface area (Å²) in [4.78, 5) is 17.1. The van der Waals surface area contributed by atoms with E-state index in [1.54, 1.807) is 31.4 Å². The highest BCUT2D eigenvalue weighted by Gasteiger charge is 2.16. The Morgan fingerprint density at radius 2 is 1.72 bits per heavy atom. The predicted molar refractivity (Wildman–Crippen MR) is 131 cm³/mol. The summed E-state index contributed by atoms with van der Waals surface area (Å²) in [5.41, 5.74) is 4.82. The van der Waals surface area contributed by atoms with Crippen molar-refractivity contribution in [2.75, 3.05) is 18.2 Å². The summed E-state index contributed by atoms with van der Waals surface area (Å²) in [5.74, 6) is 0.915. The number of carbonyl (C=O) groups is 1. The number of aromatic nitrogens is 2. The molecule has 0 unspecified atom stereocenters. The molecule has 3 aromatic carbocycles. The zero-order valence-corrected chi connectivity index (χ0v) is 19.3. The van der Waals surface area contributed by atoms with Crippen molar-refractivity contribution in [2.45, 2.75) is 12.1 Å². The van der Waals surface area contributed by atoms with Crippen molar-refractivity contribution in [3.05, 3.63) is 89.6 Å². The lowest BCUT2D eigenvalue weighted by Crippen LogP contribution is -2.14. The summed E-state index contributed by atoms with van der Waals surface area (Å²) >= 11 is 7.30. The molecule has 5 nitrogen and oxygen atoms in total. The average molecular weight is 464 g/mol. The fourth-order valence-corrected chi connectivity index (χ4v) is 4.12. The van der Waals surface area contributed by atoms with Crippen LogP contribution in [0, 0.1) is 6.92 Å². The Morgan fingerprint density at radius 3 is 2.38 bits per heavy atom. The second kappa shape index (κ2) is 9.94. The van der Waals surface area contributed by atoms with Gasteiger partial charge in [0, 0.05) is 22.0 Å². The SMILES string of the molecule is COc1ccc(-c2cnc(SCC(=O)Nc3ccc(Cl)cc3)n2-c2ccc(C)cc2)cc1. The summed E-state index contributed by atoms with van der Waals surface area (Å²) in [6.45, 7) is 2.05. The highest BCUT2D eigenvalue weighted by molar-refractivity contribution is 7.99. The third kappa shape index (κ3) is 5.15. The van der Waals surface area contributed by atoms with Gasteiger partial charge in [0.25, 0.3) is 0 Å². The zero-order valence-electron chi connectivity index (χ0n) is 17.7. The molecule has 0 spiro atoms. The van der Waals surface area contributed by atoms with E-state index in [2.05, 4.69) is 46.1 Å². The lowest BCUT2D eigenvalue weighted by Gasteiger charge is -2.13. The van der Waals surface area contributed by atoms with E-state index >= 15 is 0 Å². The first kappa shape index (κ1) is 22.0. The van der Waals surface area contributed by atoms with Crippen LogP contribution in [0.3, 0.4) is 0 Å². The fourth-order valence-electron chi connectivity index (χ4n) is 3.21. The number of aryl methyl sites for hydroxylation is 1. The van der Waals surface area contributed by atoms with E-state index in [9.17, 15) is 4.79 Å². The first-order valence-electron chi connectivity index (χ1n) is 10.0. The second-order valence-corrected chi connectivity index (χ2v) is 8.55. The maximum absolute atomic E-state index is 12.5. The van der Waals surface area contributed by atoms with Crippen molar-refractivity contribution in [3.8, 4) is 22.7 Å². The molecular formula is C25H22ClN3O2S. The minimum Gasteiger partial charge on any atom is -0.497 e. The van der Waals surface area contributed by atoms with E-state index in [1.807, 2.05) is 30.5 Å². The van der Waals surface area contributed by atoms with Gasteiger partial charge in [0.1, 0.15) is 5.75 Å². The number of hydrogen-bond donors (Lipinski definition) is 1. The maximum Gasteiger partial charge on any atom is 0.234 e. The second-order valence-electron chi connectivity index (χ2n) is 7.17. The van der Waals surface area contributed by atoms with Gasteiger partial charge in [-0.3, -0.25) is 9.36 Å². The van der Waals surface area contributed by atoms with Crippen LogP contribution in [0.2, 0.25) is 5.02 Å². The van der Waals surface area contributed by atoms with Crippen LogP contribution >= 0.6 is 23.4 Å². The number of nitrogens with zero attached hydrogens (tertiary/aromatic N) is 2. The Morgan fingerprint density at radius 1 is 1.03 bits per heavy atom. The number of nitrogens with one attached hydrogen (secondary N) is 1. The van der Waals surface area contributed by atoms with Gasteiger partial charge in [0.05, 0.1) is 24.8 Å². The number of hydrogen-bond acceptors (Lipinski definition) is 4. The minimum atomic E-state index is -0.109. The van der Waals surface area contributed by atoms with Gasteiger partial charge in [-0.1, -0.05) is 41.1 Å². The molecule has 1 aromatic heterocycles. The summed E-state index contributed by atoms with van der Waals surface area (Å²) in [7, 11) is 1.65. The predicted octanol–water partition coefficient (Wildman–Crippen LogP) is 6.24. The first-order valence-corrected chi connectivity index (χ1v) is 11.4. The van der Waals surface area contributed by atoms with E-state index in [-0.39, 0.29) is 11.7 Å². The summed E-state index contributed by atoms with van der Waals surface area (Å²) in [5, 5.41) is 4.26. The van der Waals surface area contributed by atoms with Gasteiger partial charge in [0.15, 0.2) is 5.16 Å². The number of benzene rings is 3. The van der Waals surface area contributed by atoms with Gasteiger partial charge in [-0.15, -0.1) is 0 Å². The summed E-state index contributed by atoms with van der Waals surface area (Å²) < 4.78 is 7.35. The molecule has 0 aliphatic carbocycles. The van der Waals surface area contributed by atoms with E-state index in [1.165, 1.54) is 17.3 Å². The van der Waals surface area contributed by atoms with E-state index < -0.39 is 0 Å². The number of thioether (sulfide) groups is 1. The molecule has 0 aliphatic rings. The number of imidazole rings is 1. The van der Waals surface area contributed by atoms with Crippen LogP contribution in [-0.2, 0) is 4.79 Å². The number of methoxy groups -OCH3 is 1. The molecule has 0 aliphatic heterocycles. The van der Waals surface area contributed by atoms with Crippen molar-refractivity contribution in [3.63, 3.8) is 0 Å². The van der Waals surface area contributed by atoms with Crippen molar-refractivity contribution < 1.29 is 9.53 Å². The molecule has 32 heavy (non-hydrogen) atoms. The largest absolute Gasteiger partial charge is 0.497 e. The first-order chi connectivity index (χ1) is 15.5. The minimum absolute atomic E-state index is 0.109. The normalized spacial score (nSPS) is 10.7. The van der Waals surface area contributed by atoms with Crippen molar-refractivity contribution >= 4 is 35.0 Å².